The van der Waals surface area contributed by atoms with Crippen molar-refractivity contribution < 1.29 is 5.11 Å². The highest BCUT2D eigenvalue weighted by Crippen LogP contribution is 2.28. The van der Waals surface area contributed by atoms with Gasteiger partial charge in [-0.3, -0.25) is 0 Å². The minimum absolute atomic E-state index is 0.0146. The Morgan fingerprint density at radius 2 is 2.50 bits per heavy atom. The Morgan fingerprint density at radius 1 is 1.69 bits per heavy atom. The van der Waals surface area contributed by atoms with Gasteiger partial charge in [0.05, 0.1) is 11.6 Å². The van der Waals surface area contributed by atoms with Crippen LogP contribution in [0.2, 0.25) is 5.02 Å². The van der Waals surface area contributed by atoms with Crippen molar-refractivity contribution in [1.82, 2.24) is 4.98 Å². The molecule has 3 nitrogen and oxygen atoms in total. The van der Waals surface area contributed by atoms with Crippen LogP contribution >= 0.6 is 23.4 Å². The molecule has 1 unspecified atom stereocenters. The number of rotatable bonds is 2. The molecule has 1 aromatic rings. The zero-order valence-electron chi connectivity index (χ0n) is 9.19. The number of aliphatic hydroxyl groups excluding tert-OH is 1. The van der Waals surface area contributed by atoms with Gasteiger partial charge < -0.3 is 10.0 Å². The van der Waals surface area contributed by atoms with Crippen LogP contribution in [0.15, 0.2) is 12.3 Å². The lowest BCUT2D eigenvalue weighted by Gasteiger charge is -2.32. The topological polar surface area (TPSA) is 36.4 Å². The summed E-state index contributed by atoms with van der Waals surface area (Å²) < 4.78 is 0. The highest BCUT2D eigenvalue weighted by Gasteiger charge is 2.19. The zero-order chi connectivity index (χ0) is 11.5. The number of anilines is 1. The van der Waals surface area contributed by atoms with Crippen molar-refractivity contribution in [3.63, 3.8) is 0 Å². The molecular formula is C11H15ClN2OS. The van der Waals surface area contributed by atoms with Crippen LogP contribution in [0.25, 0.3) is 0 Å². The summed E-state index contributed by atoms with van der Waals surface area (Å²) in [4.78, 5) is 6.54. The van der Waals surface area contributed by atoms with Crippen molar-refractivity contribution in [3.8, 4) is 0 Å². The molecule has 1 fully saturated rings. The van der Waals surface area contributed by atoms with E-state index in [1.807, 2.05) is 11.8 Å². The lowest BCUT2D eigenvalue weighted by atomic mass is 10.3. The number of thioether (sulfide) groups is 1. The largest absolute Gasteiger partial charge is 0.392 e. The van der Waals surface area contributed by atoms with Crippen molar-refractivity contribution >= 4 is 29.2 Å². The summed E-state index contributed by atoms with van der Waals surface area (Å²) in [6.45, 7) is 4.17. The Balaban J connectivity index is 2.19. The molecule has 88 valence electrons. The van der Waals surface area contributed by atoms with Crippen LogP contribution in [0.5, 0.6) is 0 Å². The standard InChI is InChI=1S/C11H15ClN2OS/c1-8-6-14(2-3-16-8)11-10(12)4-9(7-15)5-13-11/h4-5,8,15H,2-3,6-7H2,1H3. The Morgan fingerprint density at radius 3 is 3.12 bits per heavy atom. The molecule has 5 heteroatoms. The van der Waals surface area contributed by atoms with Crippen molar-refractivity contribution in [3.05, 3.63) is 22.8 Å². The molecule has 1 aliphatic heterocycles. The maximum absolute atomic E-state index is 8.99. The fourth-order valence-electron chi connectivity index (χ4n) is 1.80. The molecule has 1 aromatic heterocycles. The van der Waals surface area contributed by atoms with Gasteiger partial charge in [-0.2, -0.15) is 11.8 Å². The Labute approximate surface area is 105 Å². The van der Waals surface area contributed by atoms with Crippen LogP contribution < -0.4 is 4.90 Å². The molecule has 1 atom stereocenters. The fourth-order valence-corrected chi connectivity index (χ4v) is 3.12. The van der Waals surface area contributed by atoms with E-state index in [-0.39, 0.29) is 6.61 Å². The predicted octanol–water partition coefficient (Wildman–Crippen LogP) is 2.17. The summed E-state index contributed by atoms with van der Waals surface area (Å²) in [6, 6.07) is 1.79. The molecule has 2 heterocycles. The summed E-state index contributed by atoms with van der Waals surface area (Å²) in [7, 11) is 0. The van der Waals surface area contributed by atoms with E-state index in [4.69, 9.17) is 16.7 Å². The van der Waals surface area contributed by atoms with Gasteiger partial charge in [0, 0.05) is 30.3 Å². The van der Waals surface area contributed by atoms with Gasteiger partial charge in [0.2, 0.25) is 0 Å². The Hall–Kier alpha value is -0.450. The summed E-state index contributed by atoms with van der Waals surface area (Å²) in [5, 5.41) is 10.2. The van der Waals surface area contributed by atoms with Crippen molar-refractivity contribution in [2.45, 2.75) is 18.8 Å². The maximum atomic E-state index is 8.99. The molecule has 2 rings (SSSR count). The first-order valence-electron chi connectivity index (χ1n) is 5.32. The summed E-state index contributed by atoms with van der Waals surface area (Å²) >= 11 is 8.14. The highest BCUT2D eigenvalue weighted by molar-refractivity contribution is 8.00. The second-order valence-electron chi connectivity index (χ2n) is 3.93. The van der Waals surface area contributed by atoms with Gasteiger partial charge in [-0.1, -0.05) is 18.5 Å². The first-order chi connectivity index (χ1) is 7.70. The van der Waals surface area contributed by atoms with E-state index >= 15 is 0 Å². The number of hydrogen-bond donors (Lipinski definition) is 1. The Kier molecular flexibility index (Phi) is 3.95. The number of halogens is 1. The van der Waals surface area contributed by atoms with Gasteiger partial charge in [0.1, 0.15) is 5.82 Å². The smallest absolute Gasteiger partial charge is 0.147 e. The normalized spacial score (nSPS) is 21.2. The monoisotopic (exact) mass is 258 g/mol. The van der Waals surface area contributed by atoms with E-state index in [0.717, 1.165) is 30.2 Å². The van der Waals surface area contributed by atoms with Gasteiger partial charge in [-0.05, 0) is 11.6 Å². The van der Waals surface area contributed by atoms with Crippen LogP contribution in [0.3, 0.4) is 0 Å². The predicted molar refractivity (Wildman–Crippen MR) is 69.3 cm³/mol. The second kappa shape index (κ2) is 5.25. The number of pyridine rings is 1. The van der Waals surface area contributed by atoms with Crippen molar-refractivity contribution in [1.29, 1.82) is 0 Å². The fraction of sp³-hybridized carbons (Fsp3) is 0.545. The summed E-state index contributed by atoms with van der Waals surface area (Å²) in [5.41, 5.74) is 0.758. The second-order valence-corrected chi connectivity index (χ2v) is 5.89. The first-order valence-corrected chi connectivity index (χ1v) is 6.75. The third-order valence-corrected chi connectivity index (χ3v) is 4.02. The molecule has 0 aliphatic carbocycles. The van der Waals surface area contributed by atoms with E-state index in [1.54, 1.807) is 12.3 Å². The maximum Gasteiger partial charge on any atom is 0.147 e. The van der Waals surface area contributed by atoms with E-state index in [0.29, 0.717) is 10.3 Å². The molecule has 16 heavy (non-hydrogen) atoms. The quantitative estimate of drug-likeness (QED) is 0.882. The Bertz CT molecular complexity index is 375. The van der Waals surface area contributed by atoms with Crippen LogP contribution in [0.4, 0.5) is 5.82 Å². The van der Waals surface area contributed by atoms with E-state index in [9.17, 15) is 0 Å². The van der Waals surface area contributed by atoms with Crippen LogP contribution in [-0.4, -0.2) is 34.2 Å². The molecule has 0 bridgehead atoms. The average Bonchev–Trinajstić information content (AvgIpc) is 2.28. The lowest BCUT2D eigenvalue weighted by Crippen LogP contribution is -2.37. The molecule has 0 amide bonds. The van der Waals surface area contributed by atoms with E-state index in [2.05, 4.69) is 16.8 Å². The van der Waals surface area contributed by atoms with E-state index < -0.39 is 0 Å². The highest BCUT2D eigenvalue weighted by atomic mass is 35.5. The number of aliphatic hydroxyl groups is 1. The van der Waals surface area contributed by atoms with Gasteiger partial charge in [-0.15, -0.1) is 0 Å². The third kappa shape index (κ3) is 2.62. The van der Waals surface area contributed by atoms with Gasteiger partial charge in [-0.25, -0.2) is 4.98 Å². The van der Waals surface area contributed by atoms with Crippen LogP contribution in [-0.2, 0) is 6.61 Å². The van der Waals surface area contributed by atoms with E-state index in [1.165, 1.54) is 0 Å². The van der Waals surface area contributed by atoms with Crippen LogP contribution in [0.1, 0.15) is 12.5 Å². The van der Waals surface area contributed by atoms with Gasteiger partial charge >= 0.3 is 0 Å². The number of hydrogen-bond acceptors (Lipinski definition) is 4. The lowest BCUT2D eigenvalue weighted by molar-refractivity contribution is 0.281. The molecule has 1 saturated heterocycles. The minimum atomic E-state index is -0.0146. The number of aromatic nitrogens is 1. The molecule has 0 saturated carbocycles. The third-order valence-electron chi connectivity index (χ3n) is 2.60. The van der Waals surface area contributed by atoms with Crippen molar-refractivity contribution in [2.75, 3.05) is 23.7 Å². The molecule has 0 aromatic carbocycles. The number of nitrogens with zero attached hydrogens (tertiary/aromatic N) is 2. The first kappa shape index (κ1) is 12.0. The summed E-state index contributed by atoms with van der Waals surface area (Å²) in [6.07, 6.45) is 1.69. The van der Waals surface area contributed by atoms with Gasteiger partial charge in [0.25, 0.3) is 0 Å². The molecular weight excluding hydrogens is 244 g/mol. The average molecular weight is 259 g/mol. The van der Waals surface area contributed by atoms with Gasteiger partial charge in [0.15, 0.2) is 0 Å². The van der Waals surface area contributed by atoms with Crippen molar-refractivity contribution in [2.24, 2.45) is 0 Å². The molecule has 1 N–H and O–H groups in total. The summed E-state index contributed by atoms with van der Waals surface area (Å²) in [5.74, 6) is 1.95. The van der Waals surface area contributed by atoms with Crippen LogP contribution in [0, 0.1) is 0 Å². The SMILES string of the molecule is CC1CN(c2ncc(CO)cc2Cl)CCS1. The minimum Gasteiger partial charge on any atom is -0.392 e. The molecule has 0 radical (unpaired) electrons. The molecule has 0 spiro atoms. The zero-order valence-corrected chi connectivity index (χ0v) is 10.8. The molecule has 1 aliphatic rings.